The van der Waals surface area contributed by atoms with Gasteiger partial charge in [0, 0.05) is 11.4 Å². The van der Waals surface area contributed by atoms with Gasteiger partial charge in [-0.3, -0.25) is 0 Å². The lowest BCUT2D eigenvalue weighted by Gasteiger charge is -2.21. The summed E-state index contributed by atoms with van der Waals surface area (Å²) < 4.78 is 27.1. The number of hydrogen-bond donors (Lipinski definition) is 1. The van der Waals surface area contributed by atoms with Gasteiger partial charge in [-0.25, -0.2) is 13.1 Å². The Morgan fingerprint density at radius 2 is 1.79 bits per heavy atom. The monoisotopic (exact) mass is 299 g/mol. The molecule has 0 unspecified atom stereocenters. The van der Waals surface area contributed by atoms with Gasteiger partial charge in [-0.2, -0.15) is 0 Å². The third kappa shape index (κ3) is 4.23. The van der Waals surface area contributed by atoms with Crippen molar-refractivity contribution in [3.8, 4) is 0 Å². The Kier molecular flexibility index (Phi) is 5.30. The minimum Gasteiger partial charge on any atom is -0.211 e. The van der Waals surface area contributed by atoms with Crippen LogP contribution in [0.25, 0.3) is 0 Å². The summed E-state index contributed by atoms with van der Waals surface area (Å²) >= 11 is 1.61. The zero-order chi connectivity index (χ0) is 13.7. The number of sulfonamides is 1. The van der Waals surface area contributed by atoms with Crippen LogP contribution in [0, 0.1) is 5.92 Å². The molecule has 0 saturated heterocycles. The molecule has 0 amide bonds. The molecule has 1 aliphatic rings. The predicted molar refractivity (Wildman–Crippen MR) is 80.0 cm³/mol. The summed E-state index contributed by atoms with van der Waals surface area (Å²) in [6, 6.07) is 7.05. The lowest BCUT2D eigenvalue weighted by atomic mass is 9.90. The fourth-order valence-electron chi connectivity index (χ4n) is 2.46. The van der Waals surface area contributed by atoms with E-state index in [0.717, 1.165) is 17.7 Å². The number of hydrogen-bond acceptors (Lipinski definition) is 3. The van der Waals surface area contributed by atoms with E-state index in [1.807, 2.05) is 18.4 Å². The fourth-order valence-corrected chi connectivity index (χ4v) is 3.98. The van der Waals surface area contributed by atoms with E-state index in [9.17, 15) is 8.42 Å². The minimum atomic E-state index is -3.34. The molecule has 1 N–H and O–H groups in total. The Morgan fingerprint density at radius 1 is 1.16 bits per heavy atom. The van der Waals surface area contributed by atoms with Crippen LogP contribution < -0.4 is 4.72 Å². The first-order valence-electron chi connectivity index (χ1n) is 6.75. The molecule has 3 nitrogen and oxygen atoms in total. The Hall–Kier alpha value is -0.520. The highest BCUT2D eigenvalue weighted by Gasteiger charge is 2.18. The highest BCUT2D eigenvalue weighted by molar-refractivity contribution is 7.98. The van der Waals surface area contributed by atoms with Crippen LogP contribution in [-0.4, -0.2) is 21.2 Å². The molecule has 5 heteroatoms. The van der Waals surface area contributed by atoms with Crippen LogP contribution in [0.3, 0.4) is 0 Å². The Balaban J connectivity index is 1.96. The molecule has 1 aromatic rings. The third-order valence-electron chi connectivity index (χ3n) is 3.66. The van der Waals surface area contributed by atoms with E-state index in [1.54, 1.807) is 23.9 Å². The number of benzene rings is 1. The SMILES string of the molecule is CSc1ccc(S(=O)(=O)NCC2CCCCC2)cc1. The van der Waals surface area contributed by atoms with E-state index in [1.165, 1.54) is 19.3 Å². The average Bonchev–Trinajstić information content (AvgIpc) is 2.46. The van der Waals surface area contributed by atoms with Crippen LogP contribution >= 0.6 is 11.8 Å². The van der Waals surface area contributed by atoms with Gasteiger partial charge in [-0.15, -0.1) is 11.8 Å². The molecular weight excluding hydrogens is 278 g/mol. The van der Waals surface area contributed by atoms with Crippen LogP contribution in [0.1, 0.15) is 32.1 Å². The third-order valence-corrected chi connectivity index (χ3v) is 5.84. The van der Waals surface area contributed by atoms with Crippen LogP contribution in [0.15, 0.2) is 34.1 Å². The van der Waals surface area contributed by atoms with Crippen molar-refractivity contribution in [2.75, 3.05) is 12.8 Å². The molecule has 0 atom stereocenters. The van der Waals surface area contributed by atoms with Crippen molar-refractivity contribution in [1.29, 1.82) is 0 Å². The van der Waals surface area contributed by atoms with Crippen LogP contribution in [-0.2, 0) is 10.0 Å². The highest BCUT2D eigenvalue weighted by Crippen LogP contribution is 2.23. The molecule has 0 aliphatic heterocycles. The first kappa shape index (κ1) is 14.9. The first-order chi connectivity index (χ1) is 9.12. The minimum absolute atomic E-state index is 0.362. The summed E-state index contributed by atoms with van der Waals surface area (Å²) in [6.07, 6.45) is 8.02. The maximum absolute atomic E-state index is 12.2. The number of rotatable bonds is 5. The van der Waals surface area contributed by atoms with Crippen molar-refractivity contribution >= 4 is 21.8 Å². The highest BCUT2D eigenvalue weighted by atomic mass is 32.2. The van der Waals surface area contributed by atoms with E-state index in [0.29, 0.717) is 17.4 Å². The Morgan fingerprint density at radius 3 is 2.37 bits per heavy atom. The van der Waals surface area contributed by atoms with Gasteiger partial charge in [0.05, 0.1) is 4.90 Å². The first-order valence-corrected chi connectivity index (χ1v) is 9.46. The van der Waals surface area contributed by atoms with Crippen LogP contribution in [0.4, 0.5) is 0 Å². The second-order valence-corrected chi connectivity index (χ2v) is 7.68. The van der Waals surface area contributed by atoms with E-state index < -0.39 is 10.0 Å². The van der Waals surface area contributed by atoms with Gasteiger partial charge < -0.3 is 0 Å². The zero-order valence-corrected chi connectivity index (χ0v) is 12.9. The van der Waals surface area contributed by atoms with Crippen molar-refractivity contribution in [2.45, 2.75) is 41.9 Å². The summed E-state index contributed by atoms with van der Waals surface area (Å²) in [6.45, 7) is 0.576. The molecule has 19 heavy (non-hydrogen) atoms. The van der Waals surface area contributed by atoms with Crippen molar-refractivity contribution < 1.29 is 8.42 Å². The standard InChI is InChI=1S/C14H21NO2S2/c1-18-13-7-9-14(10-8-13)19(16,17)15-11-12-5-3-2-4-6-12/h7-10,12,15H,2-6,11H2,1H3. The Labute approximate surface area is 120 Å². The second kappa shape index (κ2) is 6.77. The van der Waals surface area contributed by atoms with Crippen molar-refractivity contribution in [3.05, 3.63) is 24.3 Å². The van der Waals surface area contributed by atoms with Gasteiger partial charge in [0.2, 0.25) is 10.0 Å². The Bertz CT molecular complexity index is 491. The molecule has 1 aliphatic carbocycles. The molecular formula is C14H21NO2S2. The van der Waals surface area contributed by atoms with Gasteiger partial charge >= 0.3 is 0 Å². The van der Waals surface area contributed by atoms with E-state index in [4.69, 9.17) is 0 Å². The van der Waals surface area contributed by atoms with Gasteiger partial charge in [0.25, 0.3) is 0 Å². The maximum atomic E-state index is 12.2. The molecule has 0 bridgehead atoms. The number of nitrogens with one attached hydrogen (secondary N) is 1. The molecule has 1 saturated carbocycles. The molecule has 106 valence electrons. The normalized spacial score (nSPS) is 17.5. The molecule has 2 rings (SSSR count). The fraction of sp³-hybridized carbons (Fsp3) is 0.571. The maximum Gasteiger partial charge on any atom is 0.240 e. The van der Waals surface area contributed by atoms with Crippen molar-refractivity contribution in [3.63, 3.8) is 0 Å². The van der Waals surface area contributed by atoms with Crippen LogP contribution in [0.2, 0.25) is 0 Å². The van der Waals surface area contributed by atoms with E-state index >= 15 is 0 Å². The van der Waals surface area contributed by atoms with Gasteiger partial charge in [-0.05, 0) is 49.3 Å². The molecule has 0 aromatic heterocycles. The van der Waals surface area contributed by atoms with E-state index in [-0.39, 0.29) is 0 Å². The lowest BCUT2D eigenvalue weighted by Crippen LogP contribution is -2.30. The smallest absolute Gasteiger partial charge is 0.211 e. The summed E-state index contributed by atoms with van der Waals surface area (Å²) in [5.74, 6) is 0.508. The lowest BCUT2D eigenvalue weighted by molar-refractivity contribution is 0.357. The molecule has 0 heterocycles. The van der Waals surface area contributed by atoms with Crippen molar-refractivity contribution in [1.82, 2.24) is 4.72 Å². The predicted octanol–water partition coefficient (Wildman–Crippen LogP) is 3.27. The summed E-state index contributed by atoms with van der Waals surface area (Å²) in [5.41, 5.74) is 0. The van der Waals surface area contributed by atoms with Gasteiger partial charge in [-0.1, -0.05) is 19.3 Å². The van der Waals surface area contributed by atoms with Gasteiger partial charge in [0.1, 0.15) is 0 Å². The number of thioether (sulfide) groups is 1. The van der Waals surface area contributed by atoms with Crippen molar-refractivity contribution in [2.24, 2.45) is 5.92 Å². The molecule has 0 spiro atoms. The molecule has 1 fully saturated rings. The van der Waals surface area contributed by atoms with E-state index in [2.05, 4.69) is 4.72 Å². The second-order valence-electron chi connectivity index (χ2n) is 5.03. The molecule has 1 aromatic carbocycles. The largest absolute Gasteiger partial charge is 0.240 e. The molecule has 0 radical (unpaired) electrons. The van der Waals surface area contributed by atoms with Crippen LogP contribution in [0.5, 0.6) is 0 Å². The summed E-state index contributed by atoms with van der Waals surface area (Å²) in [7, 11) is -3.34. The summed E-state index contributed by atoms with van der Waals surface area (Å²) in [4.78, 5) is 1.44. The average molecular weight is 299 g/mol. The quantitative estimate of drug-likeness (QED) is 0.849. The summed E-state index contributed by atoms with van der Waals surface area (Å²) in [5, 5.41) is 0. The zero-order valence-electron chi connectivity index (χ0n) is 11.3. The van der Waals surface area contributed by atoms with Gasteiger partial charge in [0.15, 0.2) is 0 Å². The topological polar surface area (TPSA) is 46.2 Å².